The number of nitrogens with one attached hydrogen (secondary N) is 1. The molecule has 4 heteroatoms. The van der Waals surface area contributed by atoms with Crippen molar-refractivity contribution >= 4 is 0 Å². The van der Waals surface area contributed by atoms with E-state index in [-0.39, 0.29) is 18.5 Å². The number of rotatable bonds is 5. The fraction of sp³-hybridized carbons (Fsp3) is 0.400. The van der Waals surface area contributed by atoms with Crippen molar-refractivity contribution < 1.29 is 9.50 Å². The zero-order valence-corrected chi connectivity index (χ0v) is 7.91. The van der Waals surface area contributed by atoms with Crippen LogP contribution in [0.1, 0.15) is 11.6 Å². The van der Waals surface area contributed by atoms with Gasteiger partial charge < -0.3 is 16.2 Å². The first kappa shape index (κ1) is 11.1. The van der Waals surface area contributed by atoms with Crippen molar-refractivity contribution in [3.05, 3.63) is 35.6 Å². The first-order valence-corrected chi connectivity index (χ1v) is 4.57. The Morgan fingerprint density at radius 3 is 2.50 bits per heavy atom. The molecule has 4 N–H and O–H groups in total. The van der Waals surface area contributed by atoms with Gasteiger partial charge >= 0.3 is 0 Å². The molecule has 0 bridgehead atoms. The lowest BCUT2D eigenvalue weighted by Gasteiger charge is -2.16. The van der Waals surface area contributed by atoms with Gasteiger partial charge in [-0.2, -0.15) is 0 Å². The van der Waals surface area contributed by atoms with E-state index in [1.165, 1.54) is 12.1 Å². The van der Waals surface area contributed by atoms with Gasteiger partial charge in [-0.15, -0.1) is 0 Å². The number of halogens is 1. The Bertz CT molecular complexity index is 263. The molecule has 0 saturated carbocycles. The highest BCUT2D eigenvalue weighted by molar-refractivity contribution is 5.20. The minimum absolute atomic E-state index is 0.0252. The van der Waals surface area contributed by atoms with E-state index in [9.17, 15) is 4.39 Å². The normalized spacial score (nSPS) is 12.8. The third-order valence-electron chi connectivity index (χ3n) is 2.01. The van der Waals surface area contributed by atoms with Gasteiger partial charge in [-0.25, -0.2) is 4.39 Å². The molecule has 0 saturated heterocycles. The fourth-order valence-electron chi connectivity index (χ4n) is 1.27. The predicted octanol–water partition coefficient (Wildman–Crippen LogP) is 0.407. The predicted molar refractivity (Wildman–Crippen MR) is 53.3 cm³/mol. The Balaban J connectivity index is 2.64. The van der Waals surface area contributed by atoms with Gasteiger partial charge in [0.1, 0.15) is 5.82 Å². The number of hydrogen-bond acceptors (Lipinski definition) is 3. The quantitative estimate of drug-likeness (QED) is 0.642. The highest BCUT2D eigenvalue weighted by atomic mass is 19.1. The Kier molecular flexibility index (Phi) is 4.52. The zero-order chi connectivity index (χ0) is 10.4. The summed E-state index contributed by atoms with van der Waals surface area (Å²) in [5.74, 6) is -0.258. The smallest absolute Gasteiger partial charge is 0.123 e. The largest absolute Gasteiger partial charge is 0.395 e. The van der Waals surface area contributed by atoms with Crippen LogP contribution in [0.4, 0.5) is 4.39 Å². The summed E-state index contributed by atoms with van der Waals surface area (Å²) >= 11 is 0. The Morgan fingerprint density at radius 2 is 2.00 bits per heavy atom. The van der Waals surface area contributed by atoms with E-state index in [2.05, 4.69) is 5.32 Å². The summed E-state index contributed by atoms with van der Waals surface area (Å²) in [5, 5.41) is 11.7. The lowest BCUT2D eigenvalue weighted by molar-refractivity contribution is 0.285. The van der Waals surface area contributed by atoms with Gasteiger partial charge in [0.15, 0.2) is 0 Å². The summed E-state index contributed by atoms with van der Waals surface area (Å²) in [4.78, 5) is 0. The van der Waals surface area contributed by atoms with E-state index in [1.807, 2.05) is 0 Å². The molecule has 78 valence electrons. The van der Waals surface area contributed by atoms with Crippen molar-refractivity contribution in [2.24, 2.45) is 5.73 Å². The van der Waals surface area contributed by atoms with Crippen LogP contribution in [0.5, 0.6) is 0 Å². The Labute approximate surface area is 82.7 Å². The maximum atomic E-state index is 12.6. The van der Waals surface area contributed by atoms with Crippen LogP contribution in [0, 0.1) is 5.82 Å². The van der Waals surface area contributed by atoms with Crippen LogP contribution in [0.2, 0.25) is 0 Å². The van der Waals surface area contributed by atoms with Crippen molar-refractivity contribution in [1.82, 2.24) is 5.32 Å². The molecule has 0 aromatic heterocycles. The highest BCUT2D eigenvalue weighted by Gasteiger charge is 2.07. The van der Waals surface area contributed by atoms with Crippen molar-refractivity contribution in [1.29, 1.82) is 0 Å². The monoisotopic (exact) mass is 198 g/mol. The third kappa shape index (κ3) is 3.06. The van der Waals surface area contributed by atoms with Crippen LogP contribution in [0.15, 0.2) is 24.3 Å². The van der Waals surface area contributed by atoms with Crippen molar-refractivity contribution in [3.63, 3.8) is 0 Å². The maximum absolute atomic E-state index is 12.6. The number of aliphatic hydroxyl groups is 1. The molecule has 0 radical (unpaired) electrons. The number of hydrogen-bond donors (Lipinski definition) is 3. The van der Waals surface area contributed by atoms with E-state index in [0.717, 1.165) is 5.56 Å². The summed E-state index contributed by atoms with van der Waals surface area (Å²) in [6.45, 7) is 0.975. The molecule has 0 aliphatic rings. The van der Waals surface area contributed by atoms with Crippen molar-refractivity contribution in [2.75, 3.05) is 19.7 Å². The minimum Gasteiger partial charge on any atom is -0.395 e. The molecule has 1 atom stereocenters. The molecule has 1 aromatic carbocycles. The van der Waals surface area contributed by atoms with E-state index >= 15 is 0 Å². The summed E-state index contributed by atoms with van der Waals surface area (Å²) in [6, 6.07) is 6.16. The van der Waals surface area contributed by atoms with E-state index in [0.29, 0.717) is 13.1 Å². The molecular weight excluding hydrogens is 183 g/mol. The topological polar surface area (TPSA) is 58.3 Å². The molecule has 1 unspecified atom stereocenters. The van der Waals surface area contributed by atoms with Crippen LogP contribution >= 0.6 is 0 Å². The summed E-state index contributed by atoms with van der Waals surface area (Å²) in [7, 11) is 0. The molecule has 0 fully saturated rings. The molecule has 0 spiro atoms. The number of nitrogens with two attached hydrogens (primary N) is 1. The summed E-state index contributed by atoms with van der Waals surface area (Å²) in [5.41, 5.74) is 6.48. The average Bonchev–Trinajstić information content (AvgIpc) is 2.21. The first-order chi connectivity index (χ1) is 6.77. The van der Waals surface area contributed by atoms with Crippen LogP contribution < -0.4 is 11.1 Å². The molecule has 1 rings (SSSR count). The van der Waals surface area contributed by atoms with Crippen molar-refractivity contribution in [2.45, 2.75) is 6.04 Å². The lowest BCUT2D eigenvalue weighted by atomic mass is 10.1. The van der Waals surface area contributed by atoms with Gasteiger partial charge in [0, 0.05) is 19.1 Å². The zero-order valence-electron chi connectivity index (χ0n) is 7.91. The van der Waals surface area contributed by atoms with Gasteiger partial charge in [-0.3, -0.25) is 0 Å². The first-order valence-electron chi connectivity index (χ1n) is 4.57. The van der Waals surface area contributed by atoms with E-state index in [4.69, 9.17) is 10.8 Å². The summed E-state index contributed by atoms with van der Waals surface area (Å²) in [6.07, 6.45) is 0. The molecule has 0 heterocycles. The molecule has 14 heavy (non-hydrogen) atoms. The minimum atomic E-state index is -0.258. The SMILES string of the molecule is NCC(NCCO)c1ccc(F)cc1. The molecule has 0 aliphatic heterocycles. The second-order valence-electron chi connectivity index (χ2n) is 3.02. The molecule has 1 aromatic rings. The Hall–Kier alpha value is -0.970. The standard InChI is InChI=1S/C10H15FN2O/c11-9-3-1-8(2-4-9)10(7-12)13-5-6-14/h1-4,10,13-14H,5-7,12H2. The van der Waals surface area contributed by atoms with Gasteiger partial charge in [-0.05, 0) is 17.7 Å². The van der Waals surface area contributed by atoms with E-state index < -0.39 is 0 Å². The van der Waals surface area contributed by atoms with Crippen molar-refractivity contribution in [3.8, 4) is 0 Å². The second kappa shape index (κ2) is 5.70. The Morgan fingerprint density at radius 1 is 1.36 bits per heavy atom. The maximum Gasteiger partial charge on any atom is 0.123 e. The van der Waals surface area contributed by atoms with Crippen LogP contribution in [-0.4, -0.2) is 24.8 Å². The van der Waals surface area contributed by atoms with Gasteiger partial charge in [-0.1, -0.05) is 12.1 Å². The van der Waals surface area contributed by atoms with Gasteiger partial charge in [0.25, 0.3) is 0 Å². The highest BCUT2D eigenvalue weighted by Crippen LogP contribution is 2.11. The van der Waals surface area contributed by atoms with Crippen LogP contribution in [0.3, 0.4) is 0 Å². The number of benzene rings is 1. The van der Waals surface area contributed by atoms with Crippen LogP contribution in [-0.2, 0) is 0 Å². The molecular formula is C10H15FN2O. The summed E-state index contributed by atoms with van der Waals surface area (Å²) < 4.78 is 12.6. The van der Waals surface area contributed by atoms with Gasteiger partial charge in [0.2, 0.25) is 0 Å². The number of aliphatic hydroxyl groups excluding tert-OH is 1. The molecule has 3 nitrogen and oxygen atoms in total. The van der Waals surface area contributed by atoms with Gasteiger partial charge in [0.05, 0.1) is 6.61 Å². The van der Waals surface area contributed by atoms with Crippen LogP contribution in [0.25, 0.3) is 0 Å². The molecule has 0 amide bonds. The van der Waals surface area contributed by atoms with E-state index in [1.54, 1.807) is 12.1 Å². The third-order valence-corrected chi connectivity index (χ3v) is 2.01. The lowest BCUT2D eigenvalue weighted by Crippen LogP contribution is -2.30. The second-order valence-corrected chi connectivity index (χ2v) is 3.02. The fourth-order valence-corrected chi connectivity index (χ4v) is 1.27. The molecule has 0 aliphatic carbocycles. The average molecular weight is 198 g/mol.